The number of benzene rings is 1. The van der Waals surface area contributed by atoms with Gasteiger partial charge in [-0.3, -0.25) is 4.79 Å². The van der Waals surface area contributed by atoms with Crippen molar-refractivity contribution in [2.45, 2.75) is 19.9 Å². The Kier molecular flexibility index (Phi) is 7.01. The molecule has 1 N–H and O–H groups in total. The maximum Gasteiger partial charge on any atom is 0.244 e. The molecule has 0 aliphatic carbocycles. The lowest BCUT2D eigenvalue weighted by atomic mass is 10.1. The lowest BCUT2D eigenvalue weighted by Crippen LogP contribution is -2.37. The molecule has 1 unspecified atom stereocenters. The van der Waals surface area contributed by atoms with Crippen molar-refractivity contribution in [1.82, 2.24) is 5.32 Å². The van der Waals surface area contributed by atoms with Crippen LogP contribution < -0.4 is 10.2 Å². The van der Waals surface area contributed by atoms with Gasteiger partial charge in [0.1, 0.15) is 0 Å². The molecule has 25 heavy (non-hydrogen) atoms. The quantitative estimate of drug-likeness (QED) is 0.740. The monoisotopic (exact) mass is 366 g/mol. The molecule has 1 aliphatic rings. The summed E-state index contributed by atoms with van der Waals surface area (Å²) in [6, 6.07) is 7.56. The second kappa shape index (κ2) is 9.01. The first-order valence-electron chi connectivity index (χ1n) is 8.51. The molecule has 1 heterocycles. The van der Waals surface area contributed by atoms with Gasteiger partial charge in [-0.2, -0.15) is 0 Å². The number of hydrogen-bond donors (Lipinski definition) is 1. The van der Waals surface area contributed by atoms with Crippen molar-refractivity contribution in [2.24, 2.45) is 0 Å². The first-order valence-corrected chi connectivity index (χ1v) is 10.3. The summed E-state index contributed by atoms with van der Waals surface area (Å²) >= 11 is 0. The second-order valence-corrected chi connectivity index (χ2v) is 8.53. The van der Waals surface area contributed by atoms with E-state index < -0.39 is 15.9 Å². The minimum atomic E-state index is -3.10. The fourth-order valence-electron chi connectivity index (χ4n) is 2.62. The highest BCUT2D eigenvalue weighted by atomic mass is 32.2. The van der Waals surface area contributed by atoms with Gasteiger partial charge < -0.3 is 15.0 Å². The summed E-state index contributed by atoms with van der Waals surface area (Å²) in [6.07, 6.45) is 3.15. The molecule has 1 aromatic rings. The molecular formula is C18H26N2O4S. The molecule has 1 amide bonds. The topological polar surface area (TPSA) is 75.7 Å². The molecular weight excluding hydrogens is 340 g/mol. The van der Waals surface area contributed by atoms with E-state index in [4.69, 9.17) is 4.74 Å². The molecule has 138 valence electrons. The molecule has 0 spiro atoms. The van der Waals surface area contributed by atoms with Crippen molar-refractivity contribution in [3.8, 4) is 0 Å². The van der Waals surface area contributed by atoms with Crippen molar-refractivity contribution in [3.05, 3.63) is 35.9 Å². The van der Waals surface area contributed by atoms with Gasteiger partial charge in [-0.05, 0) is 30.7 Å². The Morgan fingerprint density at radius 1 is 1.28 bits per heavy atom. The third kappa shape index (κ3) is 6.51. The third-order valence-electron chi connectivity index (χ3n) is 4.03. The van der Waals surface area contributed by atoms with Crippen LogP contribution >= 0.6 is 0 Å². The minimum Gasteiger partial charge on any atom is -0.378 e. The molecule has 1 aromatic carbocycles. The second-order valence-electron chi connectivity index (χ2n) is 6.13. The van der Waals surface area contributed by atoms with Gasteiger partial charge in [0.05, 0.1) is 19.0 Å². The van der Waals surface area contributed by atoms with Crippen molar-refractivity contribution < 1.29 is 17.9 Å². The number of rotatable bonds is 7. The number of ether oxygens (including phenoxy) is 1. The number of nitrogens with zero attached hydrogens (tertiary/aromatic N) is 1. The van der Waals surface area contributed by atoms with Crippen LogP contribution in [0, 0.1) is 0 Å². The summed E-state index contributed by atoms with van der Waals surface area (Å²) in [7, 11) is -3.10. The molecule has 7 heteroatoms. The molecule has 0 radical (unpaired) electrons. The van der Waals surface area contributed by atoms with Crippen LogP contribution in [-0.2, 0) is 19.4 Å². The predicted octanol–water partition coefficient (Wildman–Crippen LogP) is 1.48. The number of nitrogens with one attached hydrogen (secondary N) is 1. The van der Waals surface area contributed by atoms with Crippen LogP contribution in [0.2, 0.25) is 0 Å². The Labute approximate surface area is 149 Å². The Hall–Kier alpha value is -1.86. The smallest absolute Gasteiger partial charge is 0.244 e. The van der Waals surface area contributed by atoms with Gasteiger partial charge in [-0.1, -0.05) is 19.1 Å². The van der Waals surface area contributed by atoms with Crippen LogP contribution in [0.5, 0.6) is 0 Å². The van der Waals surface area contributed by atoms with Gasteiger partial charge in [0.15, 0.2) is 9.84 Å². The van der Waals surface area contributed by atoms with E-state index in [1.807, 2.05) is 24.3 Å². The van der Waals surface area contributed by atoms with Crippen LogP contribution in [0.15, 0.2) is 30.3 Å². The zero-order valence-corrected chi connectivity index (χ0v) is 15.6. The van der Waals surface area contributed by atoms with Gasteiger partial charge in [-0.15, -0.1) is 0 Å². The van der Waals surface area contributed by atoms with Crippen LogP contribution in [0.4, 0.5) is 5.69 Å². The average Bonchev–Trinajstić information content (AvgIpc) is 2.60. The van der Waals surface area contributed by atoms with Crippen molar-refractivity contribution in [2.75, 3.05) is 42.7 Å². The van der Waals surface area contributed by atoms with Gasteiger partial charge >= 0.3 is 0 Å². The van der Waals surface area contributed by atoms with Gasteiger partial charge in [0, 0.05) is 36.6 Å². The van der Waals surface area contributed by atoms with E-state index in [1.165, 1.54) is 6.08 Å². The highest BCUT2D eigenvalue weighted by molar-refractivity contribution is 7.91. The number of sulfone groups is 1. The highest BCUT2D eigenvalue weighted by Crippen LogP contribution is 2.17. The van der Waals surface area contributed by atoms with Crippen molar-refractivity contribution >= 4 is 27.5 Å². The van der Waals surface area contributed by atoms with E-state index in [1.54, 1.807) is 19.9 Å². The molecule has 0 bridgehead atoms. The third-order valence-corrected chi connectivity index (χ3v) is 5.92. The number of amides is 1. The Balaban J connectivity index is 1.87. The number of morpholine rings is 1. The molecule has 6 nitrogen and oxygen atoms in total. The maximum absolute atomic E-state index is 11.9. The normalized spacial score (nSPS) is 16.8. The summed E-state index contributed by atoms with van der Waals surface area (Å²) in [5, 5.41) is 2.68. The molecule has 0 saturated carbocycles. The lowest BCUT2D eigenvalue weighted by molar-refractivity contribution is -0.116. The zero-order valence-electron chi connectivity index (χ0n) is 14.8. The molecule has 2 rings (SSSR count). The van der Waals surface area contributed by atoms with E-state index in [0.29, 0.717) is 0 Å². The largest absolute Gasteiger partial charge is 0.378 e. The van der Waals surface area contributed by atoms with Gasteiger partial charge in [0.2, 0.25) is 5.91 Å². The maximum atomic E-state index is 11.9. The number of anilines is 1. The summed E-state index contributed by atoms with van der Waals surface area (Å²) in [5.74, 6) is -0.258. The Bertz CT molecular complexity index is 692. The summed E-state index contributed by atoms with van der Waals surface area (Å²) < 4.78 is 28.4. The van der Waals surface area contributed by atoms with Crippen molar-refractivity contribution in [3.63, 3.8) is 0 Å². The summed E-state index contributed by atoms with van der Waals surface area (Å²) in [5.41, 5.74) is 2.06. The standard InChI is InChI=1S/C18H26N2O4S/c1-3-25(22,23)14-15(2)19-18(21)9-6-16-4-7-17(8-5-16)20-10-12-24-13-11-20/h4-9,15H,3,10-14H2,1-2H3,(H,19,21). The van der Waals surface area contributed by atoms with Crippen LogP contribution in [-0.4, -0.2) is 58.2 Å². The number of carbonyl (C=O) groups is 1. The average molecular weight is 366 g/mol. The number of hydrogen-bond acceptors (Lipinski definition) is 5. The Morgan fingerprint density at radius 3 is 2.52 bits per heavy atom. The van der Waals surface area contributed by atoms with Crippen LogP contribution in [0.3, 0.4) is 0 Å². The number of carbonyl (C=O) groups excluding carboxylic acids is 1. The fourth-order valence-corrected chi connectivity index (χ4v) is 3.70. The SMILES string of the molecule is CCS(=O)(=O)CC(C)NC(=O)C=Cc1ccc(N2CCOCC2)cc1. The summed E-state index contributed by atoms with van der Waals surface area (Å²) in [4.78, 5) is 14.2. The van der Waals surface area contributed by atoms with E-state index in [-0.39, 0.29) is 17.4 Å². The van der Waals surface area contributed by atoms with E-state index >= 15 is 0 Å². The van der Waals surface area contributed by atoms with E-state index in [0.717, 1.165) is 37.6 Å². The molecule has 1 aliphatic heterocycles. The van der Waals surface area contributed by atoms with Crippen LogP contribution in [0.25, 0.3) is 6.08 Å². The highest BCUT2D eigenvalue weighted by Gasteiger charge is 2.14. The fraction of sp³-hybridized carbons (Fsp3) is 0.500. The minimum absolute atomic E-state index is 0.0443. The molecule has 0 aromatic heterocycles. The summed E-state index contributed by atoms with van der Waals surface area (Å²) in [6.45, 7) is 6.55. The predicted molar refractivity (Wildman–Crippen MR) is 100 cm³/mol. The van der Waals surface area contributed by atoms with Crippen LogP contribution in [0.1, 0.15) is 19.4 Å². The molecule has 1 atom stereocenters. The van der Waals surface area contributed by atoms with E-state index in [9.17, 15) is 13.2 Å². The lowest BCUT2D eigenvalue weighted by Gasteiger charge is -2.28. The molecule has 1 fully saturated rings. The molecule has 1 saturated heterocycles. The Morgan fingerprint density at radius 2 is 1.92 bits per heavy atom. The zero-order chi connectivity index (χ0) is 18.3. The van der Waals surface area contributed by atoms with Crippen molar-refractivity contribution in [1.29, 1.82) is 0 Å². The first-order chi connectivity index (χ1) is 11.9. The van der Waals surface area contributed by atoms with Gasteiger partial charge in [0.25, 0.3) is 0 Å². The van der Waals surface area contributed by atoms with E-state index in [2.05, 4.69) is 10.2 Å². The first kappa shape index (κ1) is 19.5. The van der Waals surface area contributed by atoms with Gasteiger partial charge in [-0.25, -0.2) is 8.42 Å².